The van der Waals surface area contributed by atoms with Crippen molar-refractivity contribution in [3.8, 4) is 11.1 Å². The monoisotopic (exact) mass is 551 g/mol. The van der Waals surface area contributed by atoms with Gasteiger partial charge in [-0.1, -0.05) is 84.9 Å². The number of furan rings is 2. The summed E-state index contributed by atoms with van der Waals surface area (Å²) in [6.07, 6.45) is 0. The molecule has 0 spiro atoms. The van der Waals surface area contributed by atoms with Crippen LogP contribution in [-0.2, 0) is 0 Å². The van der Waals surface area contributed by atoms with Crippen molar-refractivity contribution in [3.05, 3.63) is 152 Å². The Morgan fingerprint density at radius 1 is 0.349 bits per heavy atom. The number of anilines is 3. The van der Waals surface area contributed by atoms with Crippen molar-refractivity contribution in [2.45, 2.75) is 0 Å². The SMILES string of the molecule is c1ccc(N(c2ccc(-c3ccc4c(c3)oc3ccc5ccccc5c34)cc2)c2ccc3c(c2)oc2ccccc23)cc1. The van der Waals surface area contributed by atoms with Gasteiger partial charge in [0.15, 0.2) is 0 Å². The average Bonchev–Trinajstić information content (AvgIpc) is 3.63. The predicted octanol–water partition coefficient (Wildman–Crippen LogP) is 11.8. The molecule has 0 atom stereocenters. The van der Waals surface area contributed by atoms with Crippen LogP contribution in [0.1, 0.15) is 0 Å². The maximum absolute atomic E-state index is 6.34. The fraction of sp³-hybridized carbons (Fsp3) is 0. The standard InChI is InChI=1S/C40H25NO2/c1-2-9-29(10-3-1)41(31-20-22-34-33-12-6-7-13-36(33)42-39(34)25-31)30-18-14-26(15-19-30)28-16-21-35-38(24-28)43-37-23-17-27-8-4-5-11-32(27)40(35)37/h1-25H. The summed E-state index contributed by atoms with van der Waals surface area (Å²) in [5.41, 5.74) is 9.06. The van der Waals surface area contributed by atoms with Gasteiger partial charge in [0, 0.05) is 44.7 Å². The number of nitrogens with zero attached hydrogens (tertiary/aromatic N) is 1. The van der Waals surface area contributed by atoms with Gasteiger partial charge in [-0.25, -0.2) is 0 Å². The maximum Gasteiger partial charge on any atom is 0.137 e. The quantitative estimate of drug-likeness (QED) is 0.218. The van der Waals surface area contributed by atoms with Crippen LogP contribution in [0.4, 0.5) is 17.1 Å². The van der Waals surface area contributed by atoms with Crippen LogP contribution < -0.4 is 4.90 Å². The van der Waals surface area contributed by atoms with Crippen molar-refractivity contribution < 1.29 is 8.83 Å². The Labute approximate surface area is 247 Å². The Morgan fingerprint density at radius 2 is 0.977 bits per heavy atom. The molecular weight excluding hydrogens is 526 g/mol. The molecule has 0 saturated carbocycles. The minimum Gasteiger partial charge on any atom is -0.456 e. The molecule has 0 aliphatic rings. The van der Waals surface area contributed by atoms with Crippen LogP contribution in [0, 0.1) is 0 Å². The molecule has 0 fully saturated rings. The van der Waals surface area contributed by atoms with Gasteiger partial charge in [-0.15, -0.1) is 0 Å². The van der Waals surface area contributed by atoms with E-state index in [1.165, 1.54) is 16.2 Å². The van der Waals surface area contributed by atoms with Crippen LogP contribution in [0.15, 0.2) is 160 Å². The second-order valence-corrected chi connectivity index (χ2v) is 11.0. The smallest absolute Gasteiger partial charge is 0.137 e. The third kappa shape index (κ3) is 3.83. The van der Waals surface area contributed by atoms with E-state index in [-0.39, 0.29) is 0 Å². The summed E-state index contributed by atoms with van der Waals surface area (Å²) in [5.74, 6) is 0. The first-order chi connectivity index (χ1) is 21.3. The highest BCUT2D eigenvalue weighted by molar-refractivity contribution is 6.19. The summed E-state index contributed by atoms with van der Waals surface area (Å²) < 4.78 is 12.6. The Kier molecular flexibility index (Phi) is 5.20. The van der Waals surface area contributed by atoms with Gasteiger partial charge in [-0.2, -0.15) is 0 Å². The van der Waals surface area contributed by atoms with Crippen LogP contribution in [-0.4, -0.2) is 0 Å². The predicted molar refractivity (Wildman–Crippen MR) is 179 cm³/mol. The van der Waals surface area contributed by atoms with Crippen molar-refractivity contribution >= 4 is 71.7 Å². The molecule has 0 radical (unpaired) electrons. The number of fused-ring (bicyclic) bond motifs is 8. The lowest BCUT2D eigenvalue weighted by molar-refractivity contribution is 0.668. The lowest BCUT2D eigenvalue weighted by Crippen LogP contribution is -2.09. The molecule has 7 aromatic carbocycles. The number of rotatable bonds is 4. The largest absolute Gasteiger partial charge is 0.456 e. The molecule has 3 heteroatoms. The van der Waals surface area contributed by atoms with Crippen molar-refractivity contribution in [1.82, 2.24) is 0 Å². The molecule has 0 amide bonds. The molecule has 0 N–H and O–H groups in total. The molecule has 2 aromatic heterocycles. The molecule has 9 rings (SSSR count). The molecule has 0 unspecified atom stereocenters. The maximum atomic E-state index is 6.34. The average molecular weight is 552 g/mol. The molecule has 0 aliphatic heterocycles. The Morgan fingerprint density at radius 3 is 1.86 bits per heavy atom. The van der Waals surface area contributed by atoms with Gasteiger partial charge in [0.25, 0.3) is 0 Å². The van der Waals surface area contributed by atoms with E-state index in [2.05, 4.69) is 138 Å². The molecule has 9 aromatic rings. The van der Waals surface area contributed by atoms with E-state index in [1.54, 1.807) is 0 Å². The number of benzene rings is 7. The summed E-state index contributed by atoms with van der Waals surface area (Å²) >= 11 is 0. The van der Waals surface area contributed by atoms with Crippen LogP contribution in [0.5, 0.6) is 0 Å². The minimum absolute atomic E-state index is 0.878. The number of hydrogen-bond donors (Lipinski definition) is 0. The highest BCUT2D eigenvalue weighted by Crippen LogP contribution is 2.40. The van der Waals surface area contributed by atoms with Crippen molar-refractivity contribution in [2.24, 2.45) is 0 Å². The summed E-state index contributed by atoms with van der Waals surface area (Å²) in [7, 11) is 0. The second-order valence-electron chi connectivity index (χ2n) is 11.0. The summed E-state index contributed by atoms with van der Waals surface area (Å²) in [5, 5.41) is 7.02. The van der Waals surface area contributed by atoms with E-state index in [4.69, 9.17) is 8.83 Å². The summed E-state index contributed by atoms with van der Waals surface area (Å²) in [6.45, 7) is 0. The minimum atomic E-state index is 0.878. The van der Waals surface area contributed by atoms with Crippen molar-refractivity contribution in [1.29, 1.82) is 0 Å². The molecule has 2 heterocycles. The van der Waals surface area contributed by atoms with Crippen LogP contribution in [0.2, 0.25) is 0 Å². The molecule has 0 bridgehead atoms. The zero-order chi connectivity index (χ0) is 28.3. The fourth-order valence-electron chi connectivity index (χ4n) is 6.41. The molecule has 0 saturated heterocycles. The van der Waals surface area contributed by atoms with Crippen LogP contribution >= 0.6 is 0 Å². The molecule has 0 aliphatic carbocycles. The van der Waals surface area contributed by atoms with Gasteiger partial charge in [-0.3, -0.25) is 0 Å². The fourth-order valence-corrected chi connectivity index (χ4v) is 6.41. The first-order valence-corrected chi connectivity index (χ1v) is 14.5. The third-order valence-electron chi connectivity index (χ3n) is 8.46. The first-order valence-electron chi connectivity index (χ1n) is 14.5. The van der Waals surface area contributed by atoms with Crippen molar-refractivity contribution in [2.75, 3.05) is 4.90 Å². The molecular formula is C40H25NO2. The molecule has 3 nitrogen and oxygen atoms in total. The molecule has 43 heavy (non-hydrogen) atoms. The summed E-state index contributed by atoms with van der Waals surface area (Å²) in [4.78, 5) is 2.27. The Bertz CT molecular complexity index is 2450. The van der Waals surface area contributed by atoms with E-state index in [0.29, 0.717) is 0 Å². The normalized spacial score (nSPS) is 11.7. The summed E-state index contributed by atoms with van der Waals surface area (Å²) in [6, 6.07) is 53.1. The lowest BCUT2D eigenvalue weighted by Gasteiger charge is -2.25. The van der Waals surface area contributed by atoms with E-state index >= 15 is 0 Å². The van der Waals surface area contributed by atoms with E-state index in [1.807, 2.05) is 18.2 Å². The lowest BCUT2D eigenvalue weighted by atomic mass is 10.0. The van der Waals surface area contributed by atoms with Crippen molar-refractivity contribution in [3.63, 3.8) is 0 Å². The number of hydrogen-bond acceptors (Lipinski definition) is 3. The van der Waals surface area contributed by atoms with Gasteiger partial charge in [0.2, 0.25) is 0 Å². The van der Waals surface area contributed by atoms with Gasteiger partial charge in [0.05, 0.1) is 0 Å². The van der Waals surface area contributed by atoms with Gasteiger partial charge < -0.3 is 13.7 Å². The third-order valence-corrected chi connectivity index (χ3v) is 8.46. The second kappa shape index (κ2) is 9.37. The number of para-hydroxylation sites is 2. The van der Waals surface area contributed by atoms with Gasteiger partial charge in [0.1, 0.15) is 22.3 Å². The zero-order valence-corrected chi connectivity index (χ0v) is 23.2. The van der Waals surface area contributed by atoms with Gasteiger partial charge >= 0.3 is 0 Å². The highest BCUT2D eigenvalue weighted by atomic mass is 16.3. The molecule has 202 valence electrons. The van der Waals surface area contributed by atoms with E-state index in [0.717, 1.165) is 66.7 Å². The topological polar surface area (TPSA) is 29.5 Å². The Hall–Kier alpha value is -5.80. The highest BCUT2D eigenvalue weighted by Gasteiger charge is 2.16. The van der Waals surface area contributed by atoms with Gasteiger partial charge in [-0.05, 0) is 82.6 Å². The zero-order valence-electron chi connectivity index (χ0n) is 23.2. The van der Waals surface area contributed by atoms with Crippen LogP contribution in [0.25, 0.3) is 65.8 Å². The van der Waals surface area contributed by atoms with E-state index in [9.17, 15) is 0 Å². The first kappa shape index (κ1) is 23.9. The van der Waals surface area contributed by atoms with Crippen LogP contribution in [0.3, 0.4) is 0 Å². The Balaban J connectivity index is 1.13. The van der Waals surface area contributed by atoms with E-state index < -0.39 is 0 Å².